The van der Waals surface area contributed by atoms with Gasteiger partial charge in [-0.05, 0) is 24.3 Å². The smallest absolute Gasteiger partial charge is 0.306 e. The van der Waals surface area contributed by atoms with Crippen molar-refractivity contribution in [3.63, 3.8) is 0 Å². The van der Waals surface area contributed by atoms with Gasteiger partial charge in [0.15, 0.2) is 0 Å². The quantitative estimate of drug-likeness (QED) is 0.744. The van der Waals surface area contributed by atoms with Crippen molar-refractivity contribution in [3.05, 3.63) is 18.0 Å². The molecule has 1 saturated carbocycles. The zero-order valence-electron chi connectivity index (χ0n) is 7.47. The maximum Gasteiger partial charge on any atom is 0.306 e. The van der Waals surface area contributed by atoms with Gasteiger partial charge in [0.05, 0.1) is 12.1 Å². The molecule has 0 unspecified atom stereocenters. The summed E-state index contributed by atoms with van der Waals surface area (Å²) in [6.45, 7) is 0. The van der Waals surface area contributed by atoms with Crippen LogP contribution in [0.1, 0.15) is 12.0 Å². The predicted molar refractivity (Wildman–Crippen MR) is 46.1 cm³/mol. The molecular weight excluding hydrogens is 168 g/mol. The van der Waals surface area contributed by atoms with E-state index in [9.17, 15) is 4.79 Å². The number of nitrogens with zero attached hydrogens (tertiary/aromatic N) is 2. The summed E-state index contributed by atoms with van der Waals surface area (Å²) in [4.78, 5) is 10.5. The first-order valence-corrected chi connectivity index (χ1v) is 4.37. The number of hydrogen-bond acceptors (Lipinski definition) is 2. The third-order valence-corrected chi connectivity index (χ3v) is 2.50. The van der Waals surface area contributed by atoms with Gasteiger partial charge in [0.2, 0.25) is 0 Å². The minimum atomic E-state index is -0.658. The predicted octanol–water partition coefficient (Wildman–Crippen LogP) is 0.683. The summed E-state index contributed by atoms with van der Waals surface area (Å²) in [6.07, 6.45) is 5.42. The van der Waals surface area contributed by atoms with Gasteiger partial charge in [0.25, 0.3) is 0 Å². The average Bonchev–Trinajstić information content (AvgIpc) is 2.69. The number of rotatable bonds is 3. The van der Waals surface area contributed by atoms with Gasteiger partial charge < -0.3 is 5.11 Å². The van der Waals surface area contributed by atoms with E-state index < -0.39 is 5.97 Å². The van der Waals surface area contributed by atoms with Crippen molar-refractivity contribution < 1.29 is 9.90 Å². The highest BCUT2D eigenvalue weighted by Crippen LogP contribution is 2.40. The molecule has 4 heteroatoms. The summed E-state index contributed by atoms with van der Waals surface area (Å²) < 4.78 is 1.74. The molecular formula is C9H12N2O2. The second kappa shape index (κ2) is 2.87. The molecule has 13 heavy (non-hydrogen) atoms. The van der Waals surface area contributed by atoms with Crippen molar-refractivity contribution in [1.29, 1.82) is 0 Å². The van der Waals surface area contributed by atoms with Crippen molar-refractivity contribution in [3.8, 4) is 0 Å². The molecule has 1 aliphatic rings. The van der Waals surface area contributed by atoms with Crippen LogP contribution in [0.4, 0.5) is 0 Å². The Bertz CT molecular complexity index is 332. The molecule has 0 saturated heterocycles. The lowest BCUT2D eigenvalue weighted by Crippen LogP contribution is -2.00. The maximum atomic E-state index is 10.5. The van der Waals surface area contributed by atoms with Crippen LogP contribution in [0.3, 0.4) is 0 Å². The number of carboxylic acids is 1. The van der Waals surface area contributed by atoms with Gasteiger partial charge in [-0.3, -0.25) is 9.48 Å². The summed E-state index contributed by atoms with van der Waals surface area (Å²) in [5.74, 6) is -0.434. The van der Waals surface area contributed by atoms with Crippen LogP contribution in [0.2, 0.25) is 0 Å². The summed E-state index contributed by atoms with van der Waals surface area (Å²) in [7, 11) is 1.87. The lowest BCUT2D eigenvalue weighted by molar-refractivity contribution is -0.138. The first kappa shape index (κ1) is 8.29. The number of carbonyl (C=O) groups is 1. The van der Waals surface area contributed by atoms with E-state index in [1.807, 2.05) is 13.2 Å². The van der Waals surface area contributed by atoms with Crippen LogP contribution in [0, 0.1) is 11.8 Å². The number of aryl methyl sites for hydroxylation is 1. The van der Waals surface area contributed by atoms with E-state index >= 15 is 0 Å². The molecule has 1 N–H and O–H groups in total. The third kappa shape index (κ3) is 1.71. The van der Waals surface area contributed by atoms with Crippen molar-refractivity contribution in [2.75, 3.05) is 0 Å². The van der Waals surface area contributed by atoms with Gasteiger partial charge in [0.1, 0.15) is 0 Å². The lowest BCUT2D eigenvalue weighted by atomic mass is 10.1. The Morgan fingerprint density at radius 3 is 3.08 bits per heavy atom. The normalized spacial score (nSPS) is 25.9. The Balaban J connectivity index is 1.91. The summed E-state index contributed by atoms with van der Waals surface area (Å²) in [5, 5.41) is 12.7. The molecule has 2 atom stereocenters. The molecule has 4 nitrogen and oxygen atoms in total. The topological polar surface area (TPSA) is 55.1 Å². The second-order valence-electron chi connectivity index (χ2n) is 3.67. The molecule has 0 aliphatic heterocycles. The van der Waals surface area contributed by atoms with Crippen molar-refractivity contribution in [1.82, 2.24) is 9.78 Å². The molecule has 0 radical (unpaired) electrons. The number of hydrogen-bond donors (Lipinski definition) is 1. The van der Waals surface area contributed by atoms with Crippen LogP contribution in [-0.2, 0) is 18.3 Å². The molecule has 0 spiro atoms. The van der Waals surface area contributed by atoms with Crippen molar-refractivity contribution in [2.45, 2.75) is 12.8 Å². The highest BCUT2D eigenvalue weighted by atomic mass is 16.4. The molecule has 2 rings (SSSR count). The Morgan fingerprint density at radius 1 is 1.85 bits per heavy atom. The minimum Gasteiger partial charge on any atom is -0.481 e. The van der Waals surface area contributed by atoms with Gasteiger partial charge in [-0.2, -0.15) is 5.10 Å². The second-order valence-corrected chi connectivity index (χ2v) is 3.67. The Kier molecular flexibility index (Phi) is 1.83. The first-order chi connectivity index (χ1) is 6.16. The minimum absolute atomic E-state index is 0.111. The average molecular weight is 180 g/mol. The fourth-order valence-electron chi connectivity index (χ4n) is 1.66. The SMILES string of the molecule is Cn1cc(C[C@H]2C[C@H]2C(=O)O)cn1. The monoisotopic (exact) mass is 180 g/mol. The zero-order valence-corrected chi connectivity index (χ0v) is 7.47. The van der Waals surface area contributed by atoms with Gasteiger partial charge in [0, 0.05) is 13.2 Å². The van der Waals surface area contributed by atoms with E-state index in [-0.39, 0.29) is 5.92 Å². The molecule has 0 amide bonds. The highest BCUT2D eigenvalue weighted by molar-refractivity contribution is 5.73. The zero-order chi connectivity index (χ0) is 9.42. The number of aliphatic carboxylic acids is 1. The van der Waals surface area contributed by atoms with Gasteiger partial charge >= 0.3 is 5.97 Å². The summed E-state index contributed by atoms with van der Waals surface area (Å²) >= 11 is 0. The van der Waals surface area contributed by atoms with Crippen molar-refractivity contribution >= 4 is 5.97 Å². The van der Waals surface area contributed by atoms with Crippen LogP contribution in [0.5, 0.6) is 0 Å². The molecule has 1 aromatic rings. The lowest BCUT2D eigenvalue weighted by Gasteiger charge is -1.92. The summed E-state index contributed by atoms with van der Waals surface area (Å²) in [6, 6.07) is 0. The largest absolute Gasteiger partial charge is 0.481 e. The fraction of sp³-hybridized carbons (Fsp3) is 0.556. The van der Waals surface area contributed by atoms with Crippen LogP contribution in [0.25, 0.3) is 0 Å². The first-order valence-electron chi connectivity index (χ1n) is 4.37. The Labute approximate surface area is 76.2 Å². The molecule has 0 aromatic carbocycles. The van der Waals surface area contributed by atoms with Crippen LogP contribution in [0.15, 0.2) is 12.4 Å². The number of aromatic nitrogens is 2. The van der Waals surface area contributed by atoms with Gasteiger partial charge in [-0.1, -0.05) is 0 Å². The molecule has 0 bridgehead atoms. The van der Waals surface area contributed by atoms with E-state index in [4.69, 9.17) is 5.11 Å². The molecule has 1 aliphatic carbocycles. The fourth-order valence-corrected chi connectivity index (χ4v) is 1.66. The van der Waals surface area contributed by atoms with Gasteiger partial charge in [-0.25, -0.2) is 0 Å². The van der Waals surface area contributed by atoms with Crippen LogP contribution < -0.4 is 0 Å². The third-order valence-electron chi connectivity index (χ3n) is 2.50. The van der Waals surface area contributed by atoms with Crippen LogP contribution >= 0.6 is 0 Å². The molecule has 1 heterocycles. The highest BCUT2D eigenvalue weighted by Gasteiger charge is 2.42. The van der Waals surface area contributed by atoms with E-state index in [1.165, 1.54) is 0 Å². The van der Waals surface area contributed by atoms with Crippen LogP contribution in [-0.4, -0.2) is 20.9 Å². The van der Waals surface area contributed by atoms with E-state index in [0.29, 0.717) is 5.92 Å². The Morgan fingerprint density at radius 2 is 2.62 bits per heavy atom. The van der Waals surface area contributed by atoms with E-state index in [0.717, 1.165) is 18.4 Å². The maximum absolute atomic E-state index is 10.5. The molecule has 1 aromatic heterocycles. The standard InChI is InChI=1S/C9H12N2O2/c1-11-5-6(4-10-11)2-7-3-8(7)9(12)13/h4-5,7-8H,2-3H2,1H3,(H,12,13)/t7-,8+/m0/s1. The van der Waals surface area contributed by atoms with Gasteiger partial charge in [-0.15, -0.1) is 0 Å². The summed E-state index contributed by atoms with van der Waals surface area (Å²) in [5.41, 5.74) is 1.14. The van der Waals surface area contributed by atoms with E-state index in [2.05, 4.69) is 5.10 Å². The number of carboxylic acid groups (broad SMARTS) is 1. The molecule has 70 valence electrons. The van der Waals surface area contributed by atoms with E-state index in [1.54, 1.807) is 10.9 Å². The van der Waals surface area contributed by atoms with Crippen molar-refractivity contribution in [2.24, 2.45) is 18.9 Å². The Hall–Kier alpha value is -1.32. The molecule has 1 fully saturated rings.